The first kappa shape index (κ1) is 16.0. The SMILES string of the molecule is CC(CCCCC(=O)O)NC(=O)OCc1ccccc1. The van der Waals surface area contributed by atoms with Crippen LogP contribution in [-0.2, 0) is 16.1 Å². The number of amides is 1. The van der Waals surface area contributed by atoms with E-state index < -0.39 is 12.1 Å². The number of hydrogen-bond acceptors (Lipinski definition) is 3. The van der Waals surface area contributed by atoms with Gasteiger partial charge < -0.3 is 15.2 Å². The molecule has 5 heteroatoms. The van der Waals surface area contributed by atoms with E-state index in [1.807, 2.05) is 37.3 Å². The Bertz CT molecular complexity index is 419. The van der Waals surface area contributed by atoms with Crippen LogP contribution in [0.25, 0.3) is 0 Å². The number of nitrogens with one attached hydrogen (secondary N) is 1. The first-order chi connectivity index (χ1) is 9.58. The highest BCUT2D eigenvalue weighted by Crippen LogP contribution is 2.05. The monoisotopic (exact) mass is 279 g/mol. The van der Waals surface area contributed by atoms with E-state index in [1.165, 1.54) is 0 Å². The zero-order chi connectivity index (χ0) is 14.8. The van der Waals surface area contributed by atoms with Gasteiger partial charge in [-0.1, -0.05) is 36.8 Å². The van der Waals surface area contributed by atoms with Gasteiger partial charge in [-0.25, -0.2) is 4.79 Å². The van der Waals surface area contributed by atoms with E-state index in [-0.39, 0.29) is 19.1 Å². The minimum atomic E-state index is -0.784. The molecule has 0 fully saturated rings. The lowest BCUT2D eigenvalue weighted by molar-refractivity contribution is -0.137. The summed E-state index contributed by atoms with van der Waals surface area (Å²) in [5.74, 6) is -0.784. The van der Waals surface area contributed by atoms with Crippen LogP contribution in [0.1, 0.15) is 38.2 Å². The minimum absolute atomic E-state index is 0.0212. The summed E-state index contributed by atoms with van der Waals surface area (Å²) in [7, 11) is 0. The molecule has 1 aromatic carbocycles. The quantitative estimate of drug-likeness (QED) is 0.717. The second kappa shape index (κ2) is 8.96. The first-order valence-corrected chi connectivity index (χ1v) is 6.77. The highest BCUT2D eigenvalue weighted by Gasteiger charge is 2.08. The number of unbranched alkanes of at least 4 members (excludes halogenated alkanes) is 1. The number of rotatable bonds is 8. The van der Waals surface area contributed by atoms with E-state index in [0.29, 0.717) is 6.42 Å². The van der Waals surface area contributed by atoms with Crippen molar-refractivity contribution in [1.82, 2.24) is 5.32 Å². The lowest BCUT2D eigenvalue weighted by Crippen LogP contribution is -2.32. The van der Waals surface area contributed by atoms with Gasteiger partial charge in [0.25, 0.3) is 0 Å². The predicted octanol–water partition coefficient (Wildman–Crippen LogP) is 2.95. The molecular weight excluding hydrogens is 258 g/mol. The molecule has 0 aliphatic heterocycles. The van der Waals surface area contributed by atoms with E-state index in [1.54, 1.807) is 0 Å². The number of carboxylic acid groups (broad SMARTS) is 1. The maximum Gasteiger partial charge on any atom is 0.407 e. The van der Waals surface area contributed by atoms with Gasteiger partial charge >= 0.3 is 12.1 Å². The Labute approximate surface area is 118 Å². The summed E-state index contributed by atoms with van der Waals surface area (Å²) < 4.78 is 5.10. The average molecular weight is 279 g/mol. The van der Waals surface area contributed by atoms with Gasteiger partial charge in [0.05, 0.1) is 0 Å². The van der Waals surface area contributed by atoms with Gasteiger partial charge in [-0.15, -0.1) is 0 Å². The molecule has 1 rings (SSSR count). The Kier molecular flexibility index (Phi) is 7.17. The van der Waals surface area contributed by atoms with Crippen molar-refractivity contribution in [3.63, 3.8) is 0 Å². The zero-order valence-electron chi connectivity index (χ0n) is 11.7. The van der Waals surface area contributed by atoms with Crippen LogP contribution in [0.4, 0.5) is 4.79 Å². The van der Waals surface area contributed by atoms with Crippen LogP contribution < -0.4 is 5.32 Å². The third kappa shape index (κ3) is 7.41. The molecule has 5 nitrogen and oxygen atoms in total. The molecule has 0 aliphatic rings. The molecule has 0 aromatic heterocycles. The van der Waals surface area contributed by atoms with Crippen molar-refractivity contribution in [3.8, 4) is 0 Å². The molecule has 0 heterocycles. The lowest BCUT2D eigenvalue weighted by atomic mass is 10.1. The van der Waals surface area contributed by atoms with Crippen LogP contribution in [0.5, 0.6) is 0 Å². The van der Waals surface area contributed by atoms with Gasteiger partial charge in [-0.3, -0.25) is 4.79 Å². The van der Waals surface area contributed by atoms with Crippen LogP contribution in [0, 0.1) is 0 Å². The summed E-state index contributed by atoms with van der Waals surface area (Å²) >= 11 is 0. The second-order valence-corrected chi connectivity index (χ2v) is 4.75. The first-order valence-electron chi connectivity index (χ1n) is 6.77. The summed E-state index contributed by atoms with van der Waals surface area (Å²) in [5, 5.41) is 11.2. The van der Waals surface area contributed by atoms with E-state index in [9.17, 15) is 9.59 Å². The van der Waals surface area contributed by atoms with Crippen LogP contribution in [0.15, 0.2) is 30.3 Å². The summed E-state index contributed by atoms with van der Waals surface area (Å²) in [6, 6.07) is 9.45. The highest BCUT2D eigenvalue weighted by molar-refractivity contribution is 5.67. The van der Waals surface area contributed by atoms with Crippen LogP contribution in [0.2, 0.25) is 0 Å². The highest BCUT2D eigenvalue weighted by atomic mass is 16.5. The Morgan fingerprint density at radius 3 is 2.60 bits per heavy atom. The lowest BCUT2D eigenvalue weighted by Gasteiger charge is -2.13. The number of carbonyl (C=O) groups is 2. The van der Waals surface area contributed by atoms with Gasteiger partial charge in [-0.2, -0.15) is 0 Å². The molecule has 20 heavy (non-hydrogen) atoms. The Morgan fingerprint density at radius 1 is 1.25 bits per heavy atom. The van der Waals surface area contributed by atoms with E-state index in [2.05, 4.69) is 5.32 Å². The number of hydrogen-bond donors (Lipinski definition) is 2. The third-order valence-electron chi connectivity index (χ3n) is 2.85. The topological polar surface area (TPSA) is 75.6 Å². The van der Waals surface area contributed by atoms with Gasteiger partial charge in [0.1, 0.15) is 6.61 Å². The van der Waals surface area contributed by atoms with E-state index in [0.717, 1.165) is 18.4 Å². The van der Waals surface area contributed by atoms with Crippen molar-refractivity contribution >= 4 is 12.1 Å². The number of carboxylic acids is 1. The molecule has 0 saturated carbocycles. The summed E-state index contributed by atoms with van der Waals surface area (Å²) in [5.41, 5.74) is 0.941. The van der Waals surface area contributed by atoms with E-state index >= 15 is 0 Å². The van der Waals surface area contributed by atoms with Crippen LogP contribution >= 0.6 is 0 Å². The predicted molar refractivity (Wildman–Crippen MR) is 75.3 cm³/mol. The van der Waals surface area contributed by atoms with Gasteiger partial charge in [0.2, 0.25) is 0 Å². The largest absolute Gasteiger partial charge is 0.481 e. The van der Waals surface area contributed by atoms with Crippen molar-refractivity contribution in [3.05, 3.63) is 35.9 Å². The zero-order valence-corrected chi connectivity index (χ0v) is 11.7. The van der Waals surface area contributed by atoms with Crippen molar-refractivity contribution in [1.29, 1.82) is 0 Å². The minimum Gasteiger partial charge on any atom is -0.481 e. The smallest absolute Gasteiger partial charge is 0.407 e. The third-order valence-corrected chi connectivity index (χ3v) is 2.85. The molecular formula is C15H21NO4. The summed E-state index contributed by atoms with van der Waals surface area (Å²) in [4.78, 5) is 21.9. The van der Waals surface area contributed by atoms with Crippen molar-refractivity contribution < 1.29 is 19.4 Å². The van der Waals surface area contributed by atoms with Gasteiger partial charge in [0, 0.05) is 12.5 Å². The fourth-order valence-electron chi connectivity index (χ4n) is 1.76. The molecule has 0 spiro atoms. The maximum atomic E-state index is 11.5. The molecule has 1 amide bonds. The molecule has 0 radical (unpaired) electrons. The second-order valence-electron chi connectivity index (χ2n) is 4.75. The number of aliphatic carboxylic acids is 1. The molecule has 2 N–H and O–H groups in total. The van der Waals surface area contributed by atoms with E-state index in [4.69, 9.17) is 9.84 Å². The van der Waals surface area contributed by atoms with Crippen LogP contribution in [-0.4, -0.2) is 23.2 Å². The normalized spacial score (nSPS) is 11.7. The van der Waals surface area contributed by atoms with Gasteiger partial charge in [0.15, 0.2) is 0 Å². The molecule has 0 aliphatic carbocycles. The van der Waals surface area contributed by atoms with Crippen LogP contribution in [0.3, 0.4) is 0 Å². The molecule has 1 unspecified atom stereocenters. The van der Waals surface area contributed by atoms with Crippen molar-refractivity contribution in [2.24, 2.45) is 0 Å². The molecule has 1 atom stereocenters. The number of ether oxygens (including phenoxy) is 1. The Morgan fingerprint density at radius 2 is 1.95 bits per heavy atom. The Balaban J connectivity index is 2.13. The fourth-order valence-corrected chi connectivity index (χ4v) is 1.76. The van der Waals surface area contributed by atoms with Gasteiger partial charge in [-0.05, 0) is 25.3 Å². The number of benzene rings is 1. The van der Waals surface area contributed by atoms with Crippen molar-refractivity contribution in [2.45, 2.75) is 45.3 Å². The van der Waals surface area contributed by atoms with Crippen molar-refractivity contribution in [2.75, 3.05) is 0 Å². The molecule has 1 aromatic rings. The molecule has 110 valence electrons. The number of carbonyl (C=O) groups excluding carboxylic acids is 1. The Hall–Kier alpha value is -2.04. The molecule has 0 bridgehead atoms. The average Bonchev–Trinajstić information content (AvgIpc) is 2.42. The molecule has 0 saturated heterocycles. The standard InChI is InChI=1S/C15H21NO4/c1-12(7-5-6-10-14(17)18)16-15(19)20-11-13-8-3-2-4-9-13/h2-4,8-9,12H,5-7,10-11H2,1H3,(H,16,19)(H,17,18). The number of alkyl carbamates (subject to hydrolysis) is 1. The summed E-state index contributed by atoms with van der Waals surface area (Å²) in [6.07, 6.45) is 1.87. The fraction of sp³-hybridized carbons (Fsp3) is 0.467. The summed E-state index contributed by atoms with van der Waals surface area (Å²) in [6.45, 7) is 2.13. The maximum absolute atomic E-state index is 11.5.